The van der Waals surface area contributed by atoms with Crippen LogP contribution >= 0.6 is 0 Å². The van der Waals surface area contributed by atoms with Gasteiger partial charge in [-0.25, -0.2) is 0 Å². The Balaban J connectivity index is 3.18. The highest BCUT2D eigenvalue weighted by molar-refractivity contribution is 7.89. The summed E-state index contributed by atoms with van der Waals surface area (Å²) in [4.78, 5) is -1.03. The number of hydrogen-bond acceptors (Lipinski definition) is 4. The summed E-state index contributed by atoms with van der Waals surface area (Å²) in [5, 5.41) is 1.39. The van der Waals surface area contributed by atoms with Crippen molar-refractivity contribution in [1.82, 2.24) is 0 Å². The van der Waals surface area contributed by atoms with Gasteiger partial charge < -0.3 is 0 Å². The molecule has 0 radical (unpaired) electrons. The van der Waals surface area contributed by atoms with Crippen LogP contribution in [-0.2, 0) is 58.8 Å². The largest absolute Gasteiger partial charge is 0.296 e. The van der Waals surface area contributed by atoms with Gasteiger partial charge in [0.15, 0.2) is 0 Å². The van der Waals surface area contributed by atoms with Crippen molar-refractivity contribution in [3.8, 4) is 0 Å². The van der Waals surface area contributed by atoms with Crippen LogP contribution in [0.15, 0.2) is 9.79 Å². The summed E-state index contributed by atoms with van der Waals surface area (Å²) in [6.07, 6.45) is 60.2. The summed E-state index contributed by atoms with van der Waals surface area (Å²) in [6.45, 7) is 13.6. The molecular formula is C70H128O6S2. The van der Waals surface area contributed by atoms with E-state index < -0.39 is 30.0 Å². The first-order valence-corrected chi connectivity index (χ1v) is 37.4. The normalized spacial score (nSPS) is 12.3. The zero-order valence-electron chi connectivity index (χ0n) is 52.5. The van der Waals surface area contributed by atoms with Gasteiger partial charge in [-0.3, -0.25) is 9.11 Å². The van der Waals surface area contributed by atoms with Crippen molar-refractivity contribution in [3.63, 3.8) is 0 Å². The maximum atomic E-state index is 14.6. The van der Waals surface area contributed by atoms with Gasteiger partial charge in [0.05, 0.1) is 0 Å². The van der Waals surface area contributed by atoms with Crippen molar-refractivity contribution in [1.29, 1.82) is 0 Å². The molecule has 6 nitrogen and oxygen atoms in total. The third-order valence-corrected chi connectivity index (χ3v) is 19.5. The van der Waals surface area contributed by atoms with Crippen molar-refractivity contribution in [2.75, 3.05) is 0 Å². The van der Waals surface area contributed by atoms with E-state index in [1.54, 1.807) is 0 Å². The molecule has 0 amide bonds. The molecule has 0 aliphatic carbocycles. The Labute approximate surface area is 485 Å². The molecule has 2 aromatic carbocycles. The van der Waals surface area contributed by atoms with E-state index in [-0.39, 0.29) is 0 Å². The maximum absolute atomic E-state index is 14.6. The fourth-order valence-corrected chi connectivity index (χ4v) is 15.3. The Kier molecular flexibility index (Phi) is 43.7. The van der Waals surface area contributed by atoms with Crippen molar-refractivity contribution < 1.29 is 25.9 Å². The molecule has 0 bridgehead atoms. The highest BCUT2D eigenvalue weighted by atomic mass is 32.2. The summed E-state index contributed by atoms with van der Waals surface area (Å²) in [5.41, 5.74) is 6.30. The Morgan fingerprint density at radius 1 is 0.205 bits per heavy atom. The van der Waals surface area contributed by atoms with E-state index in [2.05, 4.69) is 41.5 Å². The average molecular weight is 1130 g/mol. The highest BCUT2D eigenvalue weighted by Crippen LogP contribution is 2.46. The van der Waals surface area contributed by atoms with E-state index in [1.165, 1.54) is 229 Å². The molecule has 0 unspecified atom stereocenters. The number of unbranched alkanes of at least 4 members (excludes halogenated alkanes) is 42. The van der Waals surface area contributed by atoms with Gasteiger partial charge in [-0.2, -0.15) is 16.8 Å². The Morgan fingerprint density at radius 3 is 0.590 bits per heavy atom. The lowest BCUT2D eigenvalue weighted by Crippen LogP contribution is -2.19. The second-order valence-corrected chi connectivity index (χ2v) is 27.3. The topological polar surface area (TPSA) is 109 Å². The smallest absolute Gasteiger partial charge is 0.282 e. The molecule has 2 rings (SSSR count). The first-order chi connectivity index (χ1) is 37.9. The molecule has 0 aliphatic heterocycles. The minimum Gasteiger partial charge on any atom is -0.282 e. The Bertz CT molecular complexity index is 1990. The highest BCUT2D eigenvalue weighted by Gasteiger charge is 2.36. The molecular weight excluding hydrogens is 1000 g/mol. The molecule has 0 fully saturated rings. The van der Waals surface area contributed by atoms with Crippen LogP contribution in [0.25, 0.3) is 10.8 Å². The van der Waals surface area contributed by atoms with E-state index >= 15 is 0 Å². The molecule has 0 saturated heterocycles. The summed E-state index contributed by atoms with van der Waals surface area (Å²) in [5.74, 6) is 0. The van der Waals surface area contributed by atoms with Crippen molar-refractivity contribution in [2.24, 2.45) is 0 Å². The van der Waals surface area contributed by atoms with Crippen LogP contribution in [0.2, 0.25) is 0 Å². The first-order valence-electron chi connectivity index (χ1n) is 34.6. The summed E-state index contributed by atoms with van der Waals surface area (Å²) in [7, 11) is -10.2. The average Bonchev–Trinajstić information content (AvgIpc) is 3.55. The number of benzene rings is 2. The lowest BCUT2D eigenvalue weighted by Gasteiger charge is -2.29. The second-order valence-electron chi connectivity index (χ2n) is 24.6. The quantitative estimate of drug-likeness (QED) is 0.0505. The maximum Gasteiger partial charge on any atom is 0.296 e. The second kappa shape index (κ2) is 46.9. The van der Waals surface area contributed by atoms with Crippen molar-refractivity contribution in [2.45, 2.75) is 398 Å². The standard InChI is InChI=1S/C70H128O6S2/c1-7-13-19-25-31-37-43-49-55-61-62(56-50-44-38-32-26-20-14-8-2)64(58-52-46-40-34-28-22-16-10-4)68-67(63(61)57-51-45-39-33-27-21-15-9-3)65(59-53-47-41-35-29-23-17-11-5)66(60-54-48-42-36-30-24-18-12-6)69(77(71,72)73)70(68)78(74,75)76/h7-60H2,1-6H3,(H,71,72,73)(H,74,75,76). The van der Waals surface area contributed by atoms with Crippen LogP contribution in [0.1, 0.15) is 383 Å². The van der Waals surface area contributed by atoms with Gasteiger partial charge >= 0.3 is 0 Å². The third-order valence-electron chi connectivity index (χ3n) is 17.5. The lowest BCUT2D eigenvalue weighted by atomic mass is 9.78. The third kappa shape index (κ3) is 30.7. The molecule has 8 heteroatoms. The Morgan fingerprint density at radius 2 is 0.372 bits per heavy atom. The monoisotopic (exact) mass is 1130 g/mol. The summed E-state index contributed by atoms with van der Waals surface area (Å²) >= 11 is 0. The van der Waals surface area contributed by atoms with E-state index in [0.29, 0.717) is 36.6 Å². The number of fused-ring (bicyclic) bond motifs is 1. The van der Waals surface area contributed by atoms with Gasteiger partial charge in [0.2, 0.25) is 0 Å². The van der Waals surface area contributed by atoms with E-state index in [1.807, 2.05) is 0 Å². The summed E-state index contributed by atoms with van der Waals surface area (Å²) in [6, 6.07) is 0. The van der Waals surface area contributed by atoms with Gasteiger partial charge in [0.25, 0.3) is 20.2 Å². The SMILES string of the molecule is CCCCCCCCCCc1c(CCCCCCCCCC)c(CCCCCCCCCC)c2c(S(=O)(=O)O)c(S(=O)(=O)O)c(CCCCCCCCCC)c(CCCCCCCCCC)c2c1CCCCCCCCCC. The zero-order chi connectivity index (χ0) is 57.0. The van der Waals surface area contributed by atoms with Gasteiger partial charge in [-0.05, 0) is 116 Å². The van der Waals surface area contributed by atoms with Crippen LogP contribution in [-0.4, -0.2) is 25.9 Å². The molecule has 0 saturated carbocycles. The molecule has 0 heterocycles. The molecule has 2 aromatic rings. The number of rotatable bonds is 56. The van der Waals surface area contributed by atoms with Crippen LogP contribution in [0.3, 0.4) is 0 Å². The van der Waals surface area contributed by atoms with Gasteiger partial charge in [0, 0.05) is 5.39 Å². The van der Waals surface area contributed by atoms with Gasteiger partial charge in [-0.15, -0.1) is 0 Å². The fraction of sp³-hybridized carbons (Fsp3) is 0.857. The molecule has 2 N–H and O–H groups in total. The van der Waals surface area contributed by atoms with E-state index in [4.69, 9.17) is 0 Å². The van der Waals surface area contributed by atoms with Crippen LogP contribution in [0, 0.1) is 0 Å². The molecule has 0 spiro atoms. The van der Waals surface area contributed by atoms with Crippen LogP contribution < -0.4 is 0 Å². The fourth-order valence-electron chi connectivity index (χ4n) is 12.9. The summed E-state index contributed by atoms with van der Waals surface area (Å²) < 4.78 is 81.3. The number of hydrogen-bond donors (Lipinski definition) is 2. The van der Waals surface area contributed by atoms with E-state index in [9.17, 15) is 25.9 Å². The van der Waals surface area contributed by atoms with E-state index in [0.717, 1.165) is 126 Å². The molecule has 456 valence electrons. The molecule has 0 aliphatic rings. The minimum absolute atomic E-state index is 0.368. The lowest BCUT2D eigenvalue weighted by molar-refractivity contribution is 0.465. The predicted molar refractivity (Wildman–Crippen MR) is 341 cm³/mol. The first kappa shape index (κ1) is 72.6. The molecule has 78 heavy (non-hydrogen) atoms. The minimum atomic E-state index is -5.14. The predicted octanol–water partition coefficient (Wildman–Crippen LogP) is 23.4. The Hall–Kier alpha value is -1.48. The molecule has 0 aromatic heterocycles. The van der Waals surface area contributed by atoms with Gasteiger partial charge in [0.1, 0.15) is 9.79 Å². The van der Waals surface area contributed by atoms with Crippen LogP contribution in [0.4, 0.5) is 0 Å². The molecule has 0 atom stereocenters. The number of aryl methyl sites for hydroxylation is 3. The van der Waals surface area contributed by atoms with Crippen molar-refractivity contribution in [3.05, 3.63) is 33.4 Å². The van der Waals surface area contributed by atoms with Gasteiger partial charge in [-0.1, -0.05) is 311 Å². The van der Waals surface area contributed by atoms with Crippen LogP contribution in [0.5, 0.6) is 0 Å². The zero-order valence-corrected chi connectivity index (χ0v) is 54.2. The van der Waals surface area contributed by atoms with Crippen molar-refractivity contribution >= 4 is 31.0 Å².